The van der Waals surface area contributed by atoms with Crippen molar-refractivity contribution in [3.05, 3.63) is 86.8 Å². The van der Waals surface area contributed by atoms with Gasteiger partial charge in [0.25, 0.3) is 5.56 Å². The van der Waals surface area contributed by atoms with Crippen LogP contribution in [0.25, 0.3) is 16.7 Å². The first-order valence-electron chi connectivity index (χ1n) is 9.25. The number of aromatic amines is 1. The van der Waals surface area contributed by atoms with E-state index in [1.807, 2.05) is 37.3 Å². The quantitative estimate of drug-likeness (QED) is 0.510. The van der Waals surface area contributed by atoms with Gasteiger partial charge in [0.05, 0.1) is 11.4 Å². The van der Waals surface area contributed by atoms with Crippen LogP contribution in [0.15, 0.2) is 59.4 Å². The molecule has 0 fully saturated rings. The zero-order valence-electron chi connectivity index (χ0n) is 15.8. The fourth-order valence-electron chi connectivity index (χ4n) is 3.22. The van der Waals surface area contributed by atoms with E-state index >= 15 is 0 Å². The fraction of sp³-hybridized carbons (Fsp3) is 0.182. The molecule has 6 heteroatoms. The normalized spacial score (nSPS) is 11.1. The minimum atomic E-state index is -0.125. The van der Waals surface area contributed by atoms with Gasteiger partial charge >= 0.3 is 0 Å². The van der Waals surface area contributed by atoms with Crippen molar-refractivity contribution in [2.24, 2.45) is 0 Å². The number of hydrogen-bond donors (Lipinski definition) is 2. The number of anilines is 1. The summed E-state index contributed by atoms with van der Waals surface area (Å²) >= 11 is 5.98. The van der Waals surface area contributed by atoms with Crippen molar-refractivity contribution in [1.82, 2.24) is 14.8 Å². The maximum Gasteiger partial charge on any atom is 0.254 e. The zero-order valence-corrected chi connectivity index (χ0v) is 16.5. The number of fused-ring (bicyclic) bond motifs is 1. The largest absolute Gasteiger partial charge is 0.381 e. The molecule has 0 aliphatic heterocycles. The van der Waals surface area contributed by atoms with Gasteiger partial charge in [0.2, 0.25) is 0 Å². The highest BCUT2D eigenvalue weighted by molar-refractivity contribution is 6.30. The molecule has 2 N–H and O–H groups in total. The molecule has 5 nitrogen and oxygen atoms in total. The van der Waals surface area contributed by atoms with E-state index in [0.717, 1.165) is 28.9 Å². The molecular formula is C22H21ClN4O. The lowest BCUT2D eigenvalue weighted by Gasteiger charge is -2.08. The molecule has 0 saturated heterocycles. The Bertz CT molecular complexity index is 1170. The molecule has 0 amide bonds. The third-order valence-electron chi connectivity index (χ3n) is 4.87. The Morgan fingerprint density at radius 1 is 1.11 bits per heavy atom. The van der Waals surface area contributed by atoms with E-state index in [1.54, 1.807) is 16.8 Å². The Hall–Kier alpha value is -3.05. The molecule has 2 aromatic heterocycles. The second-order valence-corrected chi connectivity index (χ2v) is 7.20. The summed E-state index contributed by atoms with van der Waals surface area (Å²) in [6, 6.07) is 17.5. The first kappa shape index (κ1) is 18.3. The number of rotatable bonds is 5. The topological polar surface area (TPSA) is 62.7 Å². The molecule has 142 valence electrons. The van der Waals surface area contributed by atoms with Crippen molar-refractivity contribution in [2.45, 2.75) is 26.8 Å². The molecule has 28 heavy (non-hydrogen) atoms. The predicted molar refractivity (Wildman–Crippen MR) is 115 cm³/mol. The zero-order chi connectivity index (χ0) is 19.7. The highest BCUT2D eigenvalue weighted by Crippen LogP contribution is 2.21. The molecule has 0 spiro atoms. The lowest BCUT2D eigenvalue weighted by atomic mass is 10.1. The first-order valence-corrected chi connectivity index (χ1v) is 9.63. The van der Waals surface area contributed by atoms with Crippen LogP contribution in [-0.2, 0) is 13.0 Å². The number of aryl methyl sites for hydroxylation is 2. The van der Waals surface area contributed by atoms with Gasteiger partial charge in [-0.3, -0.25) is 4.79 Å². The summed E-state index contributed by atoms with van der Waals surface area (Å²) in [6.07, 6.45) is 1.01. The van der Waals surface area contributed by atoms with Crippen LogP contribution in [-0.4, -0.2) is 14.8 Å². The molecule has 0 saturated carbocycles. The molecule has 4 aromatic rings. The van der Waals surface area contributed by atoms with Crippen molar-refractivity contribution in [2.75, 3.05) is 5.32 Å². The summed E-state index contributed by atoms with van der Waals surface area (Å²) in [5.41, 5.74) is 5.21. The van der Waals surface area contributed by atoms with Gasteiger partial charge in [0, 0.05) is 28.2 Å². The van der Waals surface area contributed by atoms with Crippen LogP contribution < -0.4 is 10.9 Å². The molecule has 0 bridgehead atoms. The Morgan fingerprint density at radius 2 is 1.82 bits per heavy atom. The van der Waals surface area contributed by atoms with Crippen molar-refractivity contribution in [1.29, 1.82) is 0 Å². The van der Waals surface area contributed by atoms with Crippen LogP contribution in [0.5, 0.6) is 0 Å². The first-order chi connectivity index (χ1) is 13.5. The van der Waals surface area contributed by atoms with E-state index in [2.05, 4.69) is 34.5 Å². The Morgan fingerprint density at radius 3 is 2.50 bits per heavy atom. The van der Waals surface area contributed by atoms with Crippen LogP contribution >= 0.6 is 11.6 Å². The van der Waals surface area contributed by atoms with Crippen molar-refractivity contribution >= 4 is 28.3 Å². The monoisotopic (exact) mass is 392 g/mol. The minimum absolute atomic E-state index is 0.125. The second-order valence-electron chi connectivity index (χ2n) is 6.76. The fourth-order valence-corrected chi connectivity index (χ4v) is 3.34. The average Bonchev–Trinajstić information content (AvgIpc) is 3.02. The average molecular weight is 393 g/mol. The number of aromatic nitrogens is 3. The number of H-pyrrole nitrogens is 1. The summed E-state index contributed by atoms with van der Waals surface area (Å²) in [6.45, 7) is 4.51. The highest BCUT2D eigenvalue weighted by atomic mass is 35.5. The smallest absolute Gasteiger partial charge is 0.254 e. The molecule has 0 atom stereocenters. The van der Waals surface area contributed by atoms with Crippen LogP contribution in [0.3, 0.4) is 0 Å². The van der Waals surface area contributed by atoms with Gasteiger partial charge < -0.3 is 10.3 Å². The minimum Gasteiger partial charge on any atom is -0.381 e. The maximum absolute atomic E-state index is 12.6. The standard InChI is InChI=1S/C22H21ClN4O/c1-3-15-4-8-18(9-5-15)24-13-16-12-20-14(2)26-27(21(20)25-22(16)28)19-10-6-17(23)7-11-19/h4-12,24H,3,13H2,1-2H3,(H,25,28). The van der Waals surface area contributed by atoms with Gasteiger partial charge in [0.15, 0.2) is 0 Å². The van der Waals surface area contributed by atoms with Crippen LogP contribution in [0.1, 0.15) is 23.7 Å². The van der Waals surface area contributed by atoms with E-state index in [4.69, 9.17) is 11.6 Å². The third-order valence-corrected chi connectivity index (χ3v) is 5.12. The van der Waals surface area contributed by atoms with Crippen LogP contribution in [0.4, 0.5) is 5.69 Å². The molecular weight excluding hydrogens is 372 g/mol. The number of halogens is 1. The maximum atomic E-state index is 12.6. The summed E-state index contributed by atoms with van der Waals surface area (Å²) in [4.78, 5) is 15.6. The molecule has 4 rings (SSSR count). The Balaban J connectivity index is 1.65. The number of nitrogens with one attached hydrogen (secondary N) is 2. The van der Waals surface area contributed by atoms with E-state index < -0.39 is 0 Å². The number of hydrogen-bond acceptors (Lipinski definition) is 3. The summed E-state index contributed by atoms with van der Waals surface area (Å²) in [7, 11) is 0. The predicted octanol–water partition coefficient (Wildman–Crippen LogP) is 4.85. The highest BCUT2D eigenvalue weighted by Gasteiger charge is 2.13. The Labute approximate surface area is 168 Å². The van der Waals surface area contributed by atoms with Crippen molar-refractivity contribution in [3.63, 3.8) is 0 Å². The van der Waals surface area contributed by atoms with Gasteiger partial charge in [-0.1, -0.05) is 30.7 Å². The van der Waals surface area contributed by atoms with E-state index in [1.165, 1.54) is 5.56 Å². The molecule has 0 unspecified atom stereocenters. The third kappa shape index (κ3) is 3.53. The van der Waals surface area contributed by atoms with Gasteiger partial charge in [-0.2, -0.15) is 5.10 Å². The Kier molecular flexibility index (Phi) is 4.92. The lowest BCUT2D eigenvalue weighted by molar-refractivity contribution is 0.874. The van der Waals surface area contributed by atoms with E-state index in [-0.39, 0.29) is 5.56 Å². The molecule has 0 aliphatic rings. The van der Waals surface area contributed by atoms with Gasteiger partial charge in [-0.15, -0.1) is 0 Å². The van der Waals surface area contributed by atoms with E-state index in [0.29, 0.717) is 22.8 Å². The van der Waals surface area contributed by atoms with Crippen molar-refractivity contribution < 1.29 is 0 Å². The number of pyridine rings is 1. The summed E-state index contributed by atoms with van der Waals surface area (Å²) in [5, 5.41) is 9.49. The second kappa shape index (κ2) is 7.52. The molecule has 2 heterocycles. The van der Waals surface area contributed by atoms with Gasteiger partial charge in [-0.25, -0.2) is 4.68 Å². The lowest BCUT2D eigenvalue weighted by Crippen LogP contribution is -2.16. The summed E-state index contributed by atoms with van der Waals surface area (Å²) in [5.74, 6) is 0. The van der Waals surface area contributed by atoms with Crippen LogP contribution in [0.2, 0.25) is 5.02 Å². The SMILES string of the molecule is CCc1ccc(NCc2cc3c(C)nn(-c4ccc(Cl)cc4)c3[nH]c2=O)cc1. The number of nitrogens with zero attached hydrogens (tertiary/aromatic N) is 2. The summed E-state index contributed by atoms with van der Waals surface area (Å²) < 4.78 is 1.74. The van der Waals surface area contributed by atoms with Crippen LogP contribution in [0, 0.1) is 6.92 Å². The molecule has 0 aliphatic carbocycles. The molecule has 0 radical (unpaired) electrons. The molecule has 2 aromatic carbocycles. The van der Waals surface area contributed by atoms with Gasteiger partial charge in [-0.05, 0) is 61.4 Å². The number of benzene rings is 2. The van der Waals surface area contributed by atoms with Crippen molar-refractivity contribution in [3.8, 4) is 5.69 Å². The van der Waals surface area contributed by atoms with Gasteiger partial charge in [0.1, 0.15) is 5.65 Å². The van der Waals surface area contributed by atoms with E-state index in [9.17, 15) is 4.79 Å².